The third kappa shape index (κ3) is 2.66. The normalized spacial score (nSPS) is 29.3. The highest BCUT2D eigenvalue weighted by Gasteiger charge is 2.37. The molecule has 0 bridgehead atoms. The van der Waals surface area contributed by atoms with E-state index in [-0.39, 0.29) is 17.2 Å². The van der Waals surface area contributed by atoms with Gasteiger partial charge in [0, 0.05) is 19.6 Å². The van der Waals surface area contributed by atoms with Crippen LogP contribution in [0.3, 0.4) is 0 Å². The summed E-state index contributed by atoms with van der Waals surface area (Å²) >= 11 is 0. The van der Waals surface area contributed by atoms with Crippen LogP contribution in [0.4, 0.5) is 0 Å². The van der Waals surface area contributed by atoms with E-state index in [2.05, 4.69) is 10.6 Å². The van der Waals surface area contributed by atoms with Crippen LogP contribution >= 0.6 is 0 Å². The first-order valence-electron chi connectivity index (χ1n) is 6.83. The van der Waals surface area contributed by atoms with Crippen molar-refractivity contribution >= 4 is 11.8 Å². The second-order valence-corrected chi connectivity index (χ2v) is 5.71. The van der Waals surface area contributed by atoms with Crippen molar-refractivity contribution < 1.29 is 9.59 Å². The van der Waals surface area contributed by atoms with Crippen LogP contribution in [0.5, 0.6) is 0 Å². The second-order valence-electron chi connectivity index (χ2n) is 5.71. The molecule has 2 aliphatic heterocycles. The fourth-order valence-electron chi connectivity index (χ4n) is 2.65. The van der Waals surface area contributed by atoms with E-state index in [4.69, 9.17) is 0 Å². The zero-order valence-electron chi connectivity index (χ0n) is 11.3. The van der Waals surface area contributed by atoms with Gasteiger partial charge in [0.15, 0.2) is 0 Å². The van der Waals surface area contributed by atoms with E-state index in [1.54, 1.807) is 6.92 Å². The maximum absolute atomic E-state index is 12.2. The predicted molar refractivity (Wildman–Crippen MR) is 69.0 cm³/mol. The molecule has 102 valence electrons. The molecule has 0 saturated carbocycles. The molecule has 0 aromatic rings. The van der Waals surface area contributed by atoms with Gasteiger partial charge in [-0.05, 0) is 39.7 Å². The van der Waals surface area contributed by atoms with Gasteiger partial charge in [0.1, 0.15) is 6.04 Å². The Kier molecular flexibility index (Phi) is 3.90. The van der Waals surface area contributed by atoms with Crippen molar-refractivity contribution in [1.29, 1.82) is 0 Å². The quantitative estimate of drug-likeness (QED) is 0.750. The van der Waals surface area contributed by atoms with Gasteiger partial charge < -0.3 is 15.5 Å². The zero-order valence-corrected chi connectivity index (χ0v) is 11.3. The molecule has 2 unspecified atom stereocenters. The Bertz CT molecular complexity index is 331. The van der Waals surface area contributed by atoms with Gasteiger partial charge in [-0.15, -0.1) is 0 Å². The van der Waals surface area contributed by atoms with Crippen molar-refractivity contribution in [2.45, 2.75) is 39.2 Å². The first-order chi connectivity index (χ1) is 8.53. The van der Waals surface area contributed by atoms with Gasteiger partial charge in [-0.2, -0.15) is 0 Å². The molecule has 0 spiro atoms. The van der Waals surface area contributed by atoms with Gasteiger partial charge in [-0.1, -0.05) is 0 Å². The van der Waals surface area contributed by atoms with Crippen LogP contribution in [0.2, 0.25) is 0 Å². The van der Waals surface area contributed by atoms with Crippen LogP contribution < -0.4 is 10.6 Å². The number of likely N-dealkylation sites (tertiary alicyclic amines) is 1. The number of nitrogens with one attached hydrogen (secondary N) is 2. The van der Waals surface area contributed by atoms with Crippen LogP contribution in [-0.4, -0.2) is 48.9 Å². The zero-order chi connectivity index (χ0) is 13.2. The summed E-state index contributed by atoms with van der Waals surface area (Å²) < 4.78 is 0. The van der Waals surface area contributed by atoms with E-state index in [1.165, 1.54) is 0 Å². The number of hydrogen-bond donors (Lipinski definition) is 2. The van der Waals surface area contributed by atoms with Crippen molar-refractivity contribution in [1.82, 2.24) is 15.5 Å². The highest BCUT2D eigenvalue weighted by molar-refractivity contribution is 5.90. The van der Waals surface area contributed by atoms with E-state index < -0.39 is 6.04 Å². The standard InChI is InChI=1S/C13H23N3O2/c1-10(11(17)16-7-3-4-8-16)15-12(18)13(2)5-6-14-9-13/h10,14H,3-9H2,1-2H3,(H,15,18). The molecular weight excluding hydrogens is 230 g/mol. The number of nitrogens with zero attached hydrogens (tertiary/aromatic N) is 1. The second kappa shape index (κ2) is 5.26. The Labute approximate surface area is 108 Å². The van der Waals surface area contributed by atoms with Crippen LogP contribution in [0.15, 0.2) is 0 Å². The summed E-state index contributed by atoms with van der Waals surface area (Å²) in [6, 6.07) is -0.409. The van der Waals surface area contributed by atoms with Crippen molar-refractivity contribution in [3.63, 3.8) is 0 Å². The van der Waals surface area contributed by atoms with E-state index in [1.807, 2.05) is 11.8 Å². The lowest BCUT2D eigenvalue weighted by Crippen LogP contribution is -2.50. The van der Waals surface area contributed by atoms with Gasteiger partial charge in [0.25, 0.3) is 0 Å². The van der Waals surface area contributed by atoms with E-state index in [0.29, 0.717) is 6.54 Å². The van der Waals surface area contributed by atoms with Crippen LogP contribution in [0, 0.1) is 5.41 Å². The van der Waals surface area contributed by atoms with E-state index in [0.717, 1.165) is 38.9 Å². The lowest BCUT2D eigenvalue weighted by molar-refractivity contribution is -0.137. The van der Waals surface area contributed by atoms with Crippen LogP contribution in [-0.2, 0) is 9.59 Å². The van der Waals surface area contributed by atoms with Crippen molar-refractivity contribution in [3.05, 3.63) is 0 Å². The molecule has 5 heteroatoms. The summed E-state index contributed by atoms with van der Waals surface area (Å²) in [4.78, 5) is 26.1. The van der Waals surface area contributed by atoms with E-state index >= 15 is 0 Å². The van der Waals surface area contributed by atoms with Gasteiger partial charge >= 0.3 is 0 Å². The SMILES string of the molecule is CC(NC(=O)C1(C)CCNC1)C(=O)N1CCCC1. The highest BCUT2D eigenvalue weighted by atomic mass is 16.2. The summed E-state index contributed by atoms with van der Waals surface area (Å²) in [5, 5.41) is 6.06. The molecular formula is C13H23N3O2. The maximum Gasteiger partial charge on any atom is 0.244 e. The molecule has 2 aliphatic rings. The minimum atomic E-state index is -0.409. The Hall–Kier alpha value is -1.10. The number of carbonyl (C=O) groups excluding carboxylic acids is 2. The molecule has 2 atom stereocenters. The Morgan fingerprint density at radius 1 is 1.33 bits per heavy atom. The first kappa shape index (κ1) is 13.3. The number of rotatable bonds is 3. The lowest BCUT2D eigenvalue weighted by Gasteiger charge is -2.26. The molecule has 18 heavy (non-hydrogen) atoms. The smallest absolute Gasteiger partial charge is 0.244 e. The van der Waals surface area contributed by atoms with Gasteiger partial charge in [-0.25, -0.2) is 0 Å². The van der Waals surface area contributed by atoms with Crippen molar-refractivity contribution in [2.24, 2.45) is 5.41 Å². The molecule has 0 aromatic carbocycles. The third-order valence-electron chi connectivity index (χ3n) is 4.05. The summed E-state index contributed by atoms with van der Waals surface area (Å²) in [5.41, 5.74) is -0.362. The maximum atomic E-state index is 12.2. The molecule has 2 fully saturated rings. The number of carbonyl (C=O) groups is 2. The molecule has 2 N–H and O–H groups in total. The van der Waals surface area contributed by atoms with Gasteiger partial charge in [-0.3, -0.25) is 9.59 Å². The average Bonchev–Trinajstić information content (AvgIpc) is 2.99. The fraction of sp³-hybridized carbons (Fsp3) is 0.846. The van der Waals surface area contributed by atoms with Crippen molar-refractivity contribution in [2.75, 3.05) is 26.2 Å². The fourth-order valence-corrected chi connectivity index (χ4v) is 2.65. The highest BCUT2D eigenvalue weighted by Crippen LogP contribution is 2.24. The summed E-state index contributed by atoms with van der Waals surface area (Å²) in [6.45, 7) is 6.97. The van der Waals surface area contributed by atoms with Crippen LogP contribution in [0.25, 0.3) is 0 Å². The molecule has 2 saturated heterocycles. The monoisotopic (exact) mass is 253 g/mol. The Morgan fingerprint density at radius 3 is 2.56 bits per heavy atom. The molecule has 2 rings (SSSR count). The van der Waals surface area contributed by atoms with Gasteiger partial charge in [0.05, 0.1) is 5.41 Å². The summed E-state index contributed by atoms with van der Waals surface area (Å²) in [6.07, 6.45) is 2.99. The lowest BCUT2D eigenvalue weighted by atomic mass is 9.88. The first-order valence-corrected chi connectivity index (χ1v) is 6.83. The topological polar surface area (TPSA) is 61.4 Å². The number of amides is 2. The molecule has 0 aromatic heterocycles. The largest absolute Gasteiger partial charge is 0.344 e. The van der Waals surface area contributed by atoms with Crippen LogP contribution in [0.1, 0.15) is 33.1 Å². The summed E-state index contributed by atoms with van der Waals surface area (Å²) in [5.74, 6) is 0.0444. The van der Waals surface area contributed by atoms with Gasteiger partial charge in [0.2, 0.25) is 11.8 Å². The minimum absolute atomic E-state index is 0.00690. The van der Waals surface area contributed by atoms with Crippen molar-refractivity contribution in [3.8, 4) is 0 Å². The molecule has 0 aliphatic carbocycles. The van der Waals surface area contributed by atoms with E-state index in [9.17, 15) is 9.59 Å². The number of hydrogen-bond acceptors (Lipinski definition) is 3. The molecule has 2 heterocycles. The average molecular weight is 253 g/mol. The molecule has 5 nitrogen and oxygen atoms in total. The summed E-state index contributed by atoms with van der Waals surface area (Å²) in [7, 11) is 0. The Morgan fingerprint density at radius 2 is 2.00 bits per heavy atom. The molecule has 0 radical (unpaired) electrons. The minimum Gasteiger partial charge on any atom is -0.344 e. The third-order valence-corrected chi connectivity index (χ3v) is 4.05. The Balaban J connectivity index is 1.88. The molecule has 2 amide bonds. The predicted octanol–water partition coefficient (Wildman–Crippen LogP) is 0.113.